The maximum atomic E-state index is 12.6. The molecule has 0 atom stereocenters. The van der Waals surface area contributed by atoms with Gasteiger partial charge in [-0.1, -0.05) is 57.9 Å². The van der Waals surface area contributed by atoms with Gasteiger partial charge < -0.3 is 4.90 Å². The van der Waals surface area contributed by atoms with Crippen molar-refractivity contribution in [3.8, 4) is 11.3 Å². The van der Waals surface area contributed by atoms with Crippen LogP contribution in [0.4, 0.5) is 5.69 Å². The Hall–Kier alpha value is -2.44. The van der Waals surface area contributed by atoms with Crippen LogP contribution in [0.2, 0.25) is 5.02 Å². The zero-order valence-electron chi connectivity index (χ0n) is 13.9. The fourth-order valence-electron chi connectivity index (χ4n) is 2.45. The molecule has 7 heteroatoms. The van der Waals surface area contributed by atoms with Gasteiger partial charge in [0.2, 0.25) is 5.91 Å². The summed E-state index contributed by atoms with van der Waals surface area (Å²) in [7, 11) is 1.61. The molecule has 132 valence electrons. The lowest BCUT2D eigenvalue weighted by Crippen LogP contribution is -2.35. The first-order valence-electron chi connectivity index (χ1n) is 7.81. The number of rotatable bonds is 4. The van der Waals surface area contributed by atoms with Crippen molar-refractivity contribution in [2.75, 3.05) is 11.9 Å². The van der Waals surface area contributed by atoms with Crippen molar-refractivity contribution in [2.24, 2.45) is 0 Å². The zero-order valence-corrected chi connectivity index (χ0v) is 16.2. The summed E-state index contributed by atoms with van der Waals surface area (Å²) in [5.74, 6) is -0.297. The van der Waals surface area contributed by atoms with Crippen LogP contribution in [0, 0.1) is 0 Å². The summed E-state index contributed by atoms with van der Waals surface area (Å²) in [6.07, 6.45) is 0. The van der Waals surface area contributed by atoms with Crippen LogP contribution in [0.25, 0.3) is 11.3 Å². The number of hydrogen-bond acceptors (Lipinski definition) is 3. The first-order chi connectivity index (χ1) is 12.5. The topological polar surface area (TPSA) is 55.2 Å². The minimum absolute atomic E-state index is 0.178. The summed E-state index contributed by atoms with van der Waals surface area (Å²) in [6.45, 7) is -0.178. The molecule has 0 fully saturated rings. The van der Waals surface area contributed by atoms with E-state index in [1.807, 2.05) is 30.3 Å². The molecule has 5 nitrogen and oxygen atoms in total. The van der Waals surface area contributed by atoms with Crippen LogP contribution in [0.5, 0.6) is 0 Å². The second-order valence-electron chi connectivity index (χ2n) is 5.63. The molecule has 0 aliphatic carbocycles. The monoisotopic (exact) mass is 431 g/mol. The van der Waals surface area contributed by atoms with E-state index in [1.165, 1.54) is 11.0 Å². The Bertz CT molecular complexity index is 1010. The van der Waals surface area contributed by atoms with Gasteiger partial charge in [0.25, 0.3) is 5.56 Å². The van der Waals surface area contributed by atoms with Crippen molar-refractivity contribution in [1.29, 1.82) is 0 Å². The van der Waals surface area contributed by atoms with Gasteiger partial charge in [0.05, 0.1) is 16.4 Å². The molecule has 0 saturated carbocycles. The highest BCUT2D eigenvalue weighted by molar-refractivity contribution is 9.10. The fourth-order valence-corrected chi connectivity index (χ4v) is 3.25. The highest BCUT2D eigenvalue weighted by Crippen LogP contribution is 2.28. The lowest BCUT2D eigenvalue weighted by atomic mass is 10.1. The van der Waals surface area contributed by atoms with Crippen LogP contribution in [0.15, 0.2) is 69.9 Å². The molecule has 26 heavy (non-hydrogen) atoms. The molecule has 1 aromatic heterocycles. The van der Waals surface area contributed by atoms with Crippen LogP contribution >= 0.6 is 27.5 Å². The summed E-state index contributed by atoms with van der Waals surface area (Å²) in [5, 5.41) is 4.75. The third kappa shape index (κ3) is 4.03. The van der Waals surface area contributed by atoms with Gasteiger partial charge in [0.1, 0.15) is 6.54 Å². The second-order valence-corrected chi connectivity index (χ2v) is 6.95. The number of nitrogens with zero attached hydrogens (tertiary/aromatic N) is 3. The molecule has 1 amide bonds. The number of carbonyl (C=O) groups excluding carboxylic acids is 1. The third-order valence-electron chi connectivity index (χ3n) is 3.87. The van der Waals surface area contributed by atoms with Gasteiger partial charge in [-0.15, -0.1) is 0 Å². The van der Waals surface area contributed by atoms with E-state index in [-0.39, 0.29) is 18.0 Å². The Morgan fingerprint density at radius 2 is 1.88 bits per heavy atom. The van der Waals surface area contributed by atoms with E-state index < -0.39 is 0 Å². The second kappa shape index (κ2) is 7.85. The van der Waals surface area contributed by atoms with E-state index >= 15 is 0 Å². The summed E-state index contributed by atoms with van der Waals surface area (Å²) in [5.41, 5.74) is 1.72. The molecular weight excluding hydrogens is 418 g/mol. The molecule has 0 saturated heterocycles. The lowest BCUT2D eigenvalue weighted by Gasteiger charge is -2.19. The van der Waals surface area contributed by atoms with Crippen LogP contribution in [0.3, 0.4) is 0 Å². The summed E-state index contributed by atoms with van der Waals surface area (Å²) < 4.78 is 1.98. The number of carbonyl (C=O) groups is 1. The van der Waals surface area contributed by atoms with Crippen molar-refractivity contribution in [3.63, 3.8) is 0 Å². The molecular formula is C19H15BrClN3O2. The van der Waals surface area contributed by atoms with Crippen molar-refractivity contribution in [3.05, 3.63) is 80.5 Å². The molecule has 0 N–H and O–H groups in total. The van der Waals surface area contributed by atoms with Crippen LogP contribution in [-0.2, 0) is 11.3 Å². The largest absolute Gasteiger partial charge is 0.312 e. The predicted octanol–water partition coefficient (Wildman–Crippen LogP) is 3.99. The van der Waals surface area contributed by atoms with Crippen molar-refractivity contribution in [2.45, 2.75) is 6.54 Å². The lowest BCUT2D eigenvalue weighted by molar-refractivity contribution is -0.119. The van der Waals surface area contributed by atoms with E-state index in [9.17, 15) is 9.59 Å². The van der Waals surface area contributed by atoms with Crippen molar-refractivity contribution in [1.82, 2.24) is 9.78 Å². The number of benzene rings is 2. The number of hydrogen-bond donors (Lipinski definition) is 0. The van der Waals surface area contributed by atoms with E-state index in [2.05, 4.69) is 21.0 Å². The SMILES string of the molecule is CN(C(=O)Cn1nc(-c2ccccc2)ccc1=O)c1ccc(Br)cc1Cl. The fraction of sp³-hybridized carbons (Fsp3) is 0.105. The Balaban J connectivity index is 1.86. The Labute approximate surface area is 164 Å². The number of likely N-dealkylation sites (N-methyl/N-ethyl adjacent to an activating group) is 1. The van der Waals surface area contributed by atoms with E-state index in [1.54, 1.807) is 31.3 Å². The molecule has 0 spiro atoms. The Morgan fingerprint density at radius 1 is 1.15 bits per heavy atom. The van der Waals surface area contributed by atoms with Crippen molar-refractivity contribution >= 4 is 39.1 Å². The number of halogens is 2. The van der Waals surface area contributed by atoms with Gasteiger partial charge in [-0.3, -0.25) is 9.59 Å². The van der Waals surface area contributed by atoms with Gasteiger partial charge in [0, 0.05) is 23.2 Å². The predicted molar refractivity (Wildman–Crippen MR) is 106 cm³/mol. The molecule has 1 heterocycles. The first-order valence-corrected chi connectivity index (χ1v) is 8.98. The smallest absolute Gasteiger partial charge is 0.267 e. The van der Waals surface area contributed by atoms with E-state index in [0.29, 0.717) is 16.4 Å². The maximum absolute atomic E-state index is 12.6. The molecule has 0 unspecified atom stereocenters. The maximum Gasteiger partial charge on any atom is 0.267 e. The average molecular weight is 433 g/mol. The molecule has 3 aromatic rings. The zero-order chi connectivity index (χ0) is 18.7. The summed E-state index contributed by atoms with van der Waals surface area (Å²) in [4.78, 5) is 26.1. The van der Waals surface area contributed by atoms with E-state index in [4.69, 9.17) is 11.6 Å². The first kappa shape index (κ1) is 18.4. The highest BCUT2D eigenvalue weighted by atomic mass is 79.9. The highest BCUT2D eigenvalue weighted by Gasteiger charge is 2.16. The van der Waals surface area contributed by atoms with Gasteiger partial charge in [-0.2, -0.15) is 5.10 Å². The molecule has 3 rings (SSSR count). The Morgan fingerprint density at radius 3 is 2.58 bits per heavy atom. The minimum Gasteiger partial charge on any atom is -0.312 e. The van der Waals surface area contributed by atoms with Crippen LogP contribution in [0.1, 0.15) is 0 Å². The quantitative estimate of drug-likeness (QED) is 0.626. The average Bonchev–Trinajstić information content (AvgIpc) is 2.63. The van der Waals surface area contributed by atoms with Crippen LogP contribution < -0.4 is 10.5 Å². The van der Waals surface area contributed by atoms with Gasteiger partial charge >= 0.3 is 0 Å². The molecule has 2 aromatic carbocycles. The van der Waals surface area contributed by atoms with Gasteiger partial charge in [-0.05, 0) is 24.3 Å². The minimum atomic E-state index is -0.340. The van der Waals surface area contributed by atoms with Gasteiger partial charge in [0.15, 0.2) is 0 Å². The molecule has 0 aliphatic rings. The molecule has 0 radical (unpaired) electrons. The van der Waals surface area contributed by atoms with Crippen molar-refractivity contribution < 1.29 is 4.79 Å². The third-order valence-corrected chi connectivity index (χ3v) is 4.66. The number of amides is 1. The normalized spacial score (nSPS) is 10.6. The molecule has 0 bridgehead atoms. The van der Waals surface area contributed by atoms with Gasteiger partial charge in [-0.25, -0.2) is 4.68 Å². The number of anilines is 1. The van der Waals surface area contributed by atoms with Crippen LogP contribution in [-0.4, -0.2) is 22.7 Å². The van der Waals surface area contributed by atoms with E-state index in [0.717, 1.165) is 14.7 Å². The standard InChI is InChI=1S/C19H15BrClN3O2/c1-23(17-9-7-14(20)11-15(17)21)19(26)12-24-18(25)10-8-16(22-24)13-5-3-2-4-6-13/h2-11H,12H2,1H3. The Kier molecular flexibility index (Phi) is 5.54. The molecule has 0 aliphatic heterocycles. The number of aromatic nitrogens is 2. The summed E-state index contributed by atoms with van der Waals surface area (Å²) >= 11 is 9.53. The summed E-state index contributed by atoms with van der Waals surface area (Å²) in [6, 6.07) is 17.8.